The number of hydrogen-bond donors (Lipinski definition) is 2. The highest BCUT2D eigenvalue weighted by Crippen LogP contribution is 2.23. The van der Waals surface area contributed by atoms with Gasteiger partial charge in [0.1, 0.15) is 11.3 Å². The molecule has 0 bridgehead atoms. The van der Waals surface area contributed by atoms with Gasteiger partial charge in [0.25, 0.3) is 5.91 Å². The highest BCUT2D eigenvalue weighted by Gasteiger charge is 2.14. The van der Waals surface area contributed by atoms with Gasteiger partial charge in [0, 0.05) is 22.2 Å². The van der Waals surface area contributed by atoms with Crippen molar-refractivity contribution in [3.63, 3.8) is 0 Å². The Labute approximate surface area is 186 Å². The van der Waals surface area contributed by atoms with Crippen molar-refractivity contribution in [2.75, 3.05) is 23.5 Å². The molecule has 2 aromatic heterocycles. The zero-order valence-corrected chi connectivity index (χ0v) is 18.2. The number of nitrogens with zero attached hydrogens (tertiary/aromatic N) is 1. The number of thiazole rings is 1. The number of ether oxygens (including phenoxy) is 1. The molecule has 0 saturated carbocycles. The number of para-hydroxylation sites is 1. The number of carbonyl (C=O) groups excluding carboxylic acids is 2. The molecule has 2 aromatic carbocycles. The topological polar surface area (TPSA) is 93.5 Å². The monoisotopic (exact) mass is 453 g/mol. The summed E-state index contributed by atoms with van der Waals surface area (Å²) in [5, 5.41) is 8.82. The minimum Gasteiger partial charge on any atom is -0.497 e. The van der Waals surface area contributed by atoms with E-state index in [0.717, 1.165) is 22.5 Å². The van der Waals surface area contributed by atoms with E-state index in [2.05, 4.69) is 15.6 Å². The fraction of sp³-hybridized carbons (Fsp3) is 0.136. The number of rotatable bonds is 8. The maximum atomic E-state index is 12.4. The molecule has 158 valence electrons. The Morgan fingerprint density at radius 1 is 1.13 bits per heavy atom. The summed E-state index contributed by atoms with van der Waals surface area (Å²) < 4.78 is 10.7. The van der Waals surface area contributed by atoms with Crippen LogP contribution < -0.4 is 15.4 Å². The summed E-state index contributed by atoms with van der Waals surface area (Å²) in [5.41, 5.74) is 2.18. The average Bonchev–Trinajstić information content (AvgIpc) is 3.41. The van der Waals surface area contributed by atoms with Gasteiger partial charge in [-0.25, -0.2) is 4.98 Å². The van der Waals surface area contributed by atoms with Crippen LogP contribution in [-0.2, 0) is 10.5 Å². The second-order valence-corrected chi connectivity index (χ2v) is 8.36. The number of fused-ring (bicyclic) bond motifs is 1. The molecule has 2 heterocycles. The maximum absolute atomic E-state index is 12.4. The second kappa shape index (κ2) is 9.67. The quantitative estimate of drug-likeness (QED) is 0.389. The summed E-state index contributed by atoms with van der Waals surface area (Å²) in [5.74, 6) is 1.39. The number of furan rings is 1. The van der Waals surface area contributed by atoms with Gasteiger partial charge in [0.2, 0.25) is 5.91 Å². The number of nitrogens with one attached hydrogen (secondary N) is 2. The Kier molecular flexibility index (Phi) is 6.54. The summed E-state index contributed by atoms with van der Waals surface area (Å²) in [6.07, 6.45) is 0. The molecule has 2 amide bonds. The summed E-state index contributed by atoms with van der Waals surface area (Å²) >= 11 is 2.78. The smallest absolute Gasteiger partial charge is 0.293 e. The largest absolute Gasteiger partial charge is 0.497 e. The maximum Gasteiger partial charge on any atom is 0.293 e. The first-order chi connectivity index (χ1) is 15.1. The molecule has 31 heavy (non-hydrogen) atoms. The molecule has 0 aliphatic heterocycles. The Bertz CT molecular complexity index is 1170. The number of anilines is 2. The first-order valence-electron chi connectivity index (χ1n) is 9.37. The van der Waals surface area contributed by atoms with Crippen LogP contribution in [0.2, 0.25) is 0 Å². The number of carbonyl (C=O) groups is 2. The van der Waals surface area contributed by atoms with Gasteiger partial charge >= 0.3 is 0 Å². The molecule has 4 aromatic rings. The van der Waals surface area contributed by atoms with Crippen LogP contribution >= 0.6 is 23.1 Å². The predicted octanol–water partition coefficient (Wildman–Crippen LogP) is 5.02. The zero-order valence-electron chi connectivity index (χ0n) is 16.6. The third-order valence-electron chi connectivity index (χ3n) is 4.28. The van der Waals surface area contributed by atoms with E-state index in [4.69, 9.17) is 9.15 Å². The van der Waals surface area contributed by atoms with Crippen molar-refractivity contribution < 1.29 is 18.7 Å². The lowest BCUT2D eigenvalue weighted by Gasteiger charge is -2.05. The Balaban J connectivity index is 1.24. The predicted molar refractivity (Wildman–Crippen MR) is 124 cm³/mol. The molecule has 0 aliphatic rings. The van der Waals surface area contributed by atoms with Crippen molar-refractivity contribution in [1.29, 1.82) is 0 Å². The number of hydrogen-bond acceptors (Lipinski definition) is 7. The summed E-state index contributed by atoms with van der Waals surface area (Å²) in [6.45, 7) is 0. The van der Waals surface area contributed by atoms with Crippen molar-refractivity contribution in [2.45, 2.75) is 5.75 Å². The van der Waals surface area contributed by atoms with E-state index in [1.165, 1.54) is 23.1 Å². The van der Waals surface area contributed by atoms with E-state index in [0.29, 0.717) is 22.2 Å². The van der Waals surface area contributed by atoms with Gasteiger partial charge in [0.05, 0.1) is 18.6 Å². The number of methoxy groups -OCH3 is 1. The van der Waals surface area contributed by atoms with E-state index < -0.39 is 0 Å². The highest BCUT2D eigenvalue weighted by molar-refractivity contribution is 7.99. The van der Waals surface area contributed by atoms with Gasteiger partial charge in [-0.05, 0) is 36.4 Å². The number of thioether (sulfide) groups is 1. The third-order valence-corrected chi connectivity index (χ3v) is 6.05. The lowest BCUT2D eigenvalue weighted by atomic mass is 10.2. The molecule has 2 N–H and O–H groups in total. The number of benzene rings is 2. The molecule has 0 fully saturated rings. The summed E-state index contributed by atoms with van der Waals surface area (Å²) in [6, 6.07) is 16.3. The molecular formula is C22H19N3O4S2. The van der Waals surface area contributed by atoms with Crippen molar-refractivity contribution in [1.82, 2.24) is 4.98 Å². The van der Waals surface area contributed by atoms with Crippen LogP contribution in [0, 0.1) is 0 Å². The van der Waals surface area contributed by atoms with E-state index in [-0.39, 0.29) is 17.6 Å². The molecule has 0 spiro atoms. The minimum atomic E-state index is -0.344. The first kappa shape index (κ1) is 21.0. The van der Waals surface area contributed by atoms with Gasteiger partial charge in [-0.1, -0.05) is 18.2 Å². The molecule has 0 radical (unpaired) electrons. The molecule has 0 unspecified atom stereocenters. The van der Waals surface area contributed by atoms with Gasteiger partial charge in [0.15, 0.2) is 10.9 Å². The fourth-order valence-corrected chi connectivity index (χ4v) is 4.33. The third kappa shape index (κ3) is 5.44. The van der Waals surface area contributed by atoms with Gasteiger partial charge in [-0.15, -0.1) is 23.1 Å². The summed E-state index contributed by atoms with van der Waals surface area (Å²) in [7, 11) is 1.60. The van der Waals surface area contributed by atoms with Crippen LogP contribution in [-0.4, -0.2) is 29.7 Å². The second-order valence-electron chi connectivity index (χ2n) is 6.52. The zero-order chi connectivity index (χ0) is 21.6. The standard InChI is InChI=1S/C22H19N3O4S2/c1-28-17-8-6-15(7-9-17)23-20(26)13-30-11-16-12-31-22(24-16)25-21(27)19-10-14-4-2-3-5-18(14)29-19/h2-10,12H,11,13H2,1H3,(H,23,26)(H,24,25,27). The van der Waals surface area contributed by atoms with Crippen molar-refractivity contribution in [2.24, 2.45) is 0 Å². The lowest BCUT2D eigenvalue weighted by molar-refractivity contribution is -0.113. The first-order valence-corrected chi connectivity index (χ1v) is 11.4. The van der Waals surface area contributed by atoms with Crippen LogP contribution in [0.3, 0.4) is 0 Å². The van der Waals surface area contributed by atoms with Crippen LogP contribution in [0.25, 0.3) is 11.0 Å². The summed E-state index contributed by atoms with van der Waals surface area (Å²) in [4.78, 5) is 28.9. The molecule has 9 heteroatoms. The lowest BCUT2D eigenvalue weighted by Crippen LogP contribution is -2.14. The van der Waals surface area contributed by atoms with Crippen molar-refractivity contribution >= 4 is 56.7 Å². The van der Waals surface area contributed by atoms with E-state index >= 15 is 0 Å². The fourth-order valence-electron chi connectivity index (χ4n) is 2.80. The van der Waals surface area contributed by atoms with Gasteiger partial charge in [-0.3, -0.25) is 14.9 Å². The normalized spacial score (nSPS) is 10.7. The van der Waals surface area contributed by atoms with E-state index in [1.807, 2.05) is 29.6 Å². The number of amides is 2. The molecule has 0 atom stereocenters. The highest BCUT2D eigenvalue weighted by atomic mass is 32.2. The van der Waals surface area contributed by atoms with Gasteiger partial charge in [-0.2, -0.15) is 0 Å². The van der Waals surface area contributed by atoms with Crippen LogP contribution in [0.5, 0.6) is 5.75 Å². The average molecular weight is 454 g/mol. The molecular weight excluding hydrogens is 434 g/mol. The Morgan fingerprint density at radius 2 is 1.94 bits per heavy atom. The molecule has 0 saturated heterocycles. The molecule has 7 nitrogen and oxygen atoms in total. The molecule has 0 aliphatic carbocycles. The van der Waals surface area contributed by atoms with E-state index in [1.54, 1.807) is 37.4 Å². The van der Waals surface area contributed by atoms with Crippen molar-refractivity contribution in [3.05, 3.63) is 71.4 Å². The number of aromatic nitrogens is 1. The Hall–Kier alpha value is -3.30. The van der Waals surface area contributed by atoms with Gasteiger partial charge < -0.3 is 14.5 Å². The van der Waals surface area contributed by atoms with Crippen LogP contribution in [0.1, 0.15) is 16.2 Å². The minimum absolute atomic E-state index is 0.0937. The van der Waals surface area contributed by atoms with E-state index in [9.17, 15) is 9.59 Å². The van der Waals surface area contributed by atoms with Crippen LogP contribution in [0.4, 0.5) is 10.8 Å². The Morgan fingerprint density at radius 3 is 2.71 bits per heavy atom. The molecule has 4 rings (SSSR count). The van der Waals surface area contributed by atoms with Crippen LogP contribution in [0.15, 0.2) is 64.4 Å². The van der Waals surface area contributed by atoms with Crippen molar-refractivity contribution in [3.8, 4) is 5.75 Å². The SMILES string of the molecule is COc1ccc(NC(=O)CSCc2csc(NC(=O)c3cc4ccccc4o3)n2)cc1.